The normalized spacial score (nSPS) is 18.4. The molecule has 0 saturated carbocycles. The van der Waals surface area contributed by atoms with E-state index in [1.54, 1.807) is 49.7 Å². The lowest BCUT2D eigenvalue weighted by atomic mass is 9.95. The van der Waals surface area contributed by atoms with E-state index in [0.29, 0.717) is 67.6 Å². The standard InChI is InChI=1S/2C20H21N5O2.C19H22N6O3.C18H19N7O/c2*1-3-4-17(26)25-11-13(2)9-14(12-25)24-18-15-5-6-21-19(15)23-10-16(18)20-22-7-8-27-20;1-2-15(26)25-7-3-4-11(9-25)23-16-12-5-6-21-18(12)22-8-13(16)19-24-14(10-28-19)17(20)27;1-2-4-15(26)25-8-3-5-12(10-25)23-16-13-6-7-19-17(13)20-9-14(16)18-21-11-22-24-18/h2*1,5-8,10,13-14H,4,9,11-12H2,2H3,(H2,21,23,24);5-6,8,10-11H,2-4,7,9H2,1H3,(H2,20,27)(H2,21,22,23);1,6-7,9,11-12H,3-5,8,10H2,(H2,19,20,23)(H,21,22,24)/t2*13-,14+;11-;12-/m1011/s1. The van der Waals surface area contributed by atoms with Crippen molar-refractivity contribution in [3.05, 3.63) is 117 Å². The molecule has 4 saturated heterocycles. The second-order valence-corrected chi connectivity index (χ2v) is 27.2. The number of pyridine rings is 4. The highest BCUT2D eigenvalue weighted by molar-refractivity contribution is 6.01. The van der Waals surface area contributed by atoms with E-state index < -0.39 is 5.91 Å². The zero-order valence-corrected chi connectivity index (χ0v) is 60.0. The van der Waals surface area contributed by atoms with Gasteiger partial charge >= 0.3 is 0 Å². The Labute approximate surface area is 620 Å². The zero-order chi connectivity index (χ0) is 75.2. The first-order valence-electron chi connectivity index (χ1n) is 35.9. The van der Waals surface area contributed by atoms with E-state index in [0.717, 1.165) is 148 Å². The van der Waals surface area contributed by atoms with Crippen molar-refractivity contribution < 1.29 is 37.2 Å². The van der Waals surface area contributed by atoms with Gasteiger partial charge in [0.25, 0.3) is 5.91 Å². The summed E-state index contributed by atoms with van der Waals surface area (Å²) in [5, 5.41) is 25.0. The molecule has 0 radical (unpaired) electrons. The molecule has 6 atom stereocenters. The summed E-state index contributed by atoms with van der Waals surface area (Å²) in [5.74, 6) is 9.56. The van der Waals surface area contributed by atoms with Gasteiger partial charge in [-0.2, -0.15) is 5.10 Å². The van der Waals surface area contributed by atoms with Crippen LogP contribution in [0.5, 0.6) is 0 Å². The van der Waals surface area contributed by atoms with Crippen molar-refractivity contribution >= 4 is 96.4 Å². The number of rotatable bonds is 17. The molecule has 12 aromatic rings. The van der Waals surface area contributed by atoms with Gasteiger partial charge in [-0.1, -0.05) is 38.5 Å². The Morgan fingerprint density at radius 1 is 0.509 bits per heavy atom. The van der Waals surface area contributed by atoms with Gasteiger partial charge in [-0.25, -0.2) is 39.9 Å². The lowest BCUT2D eigenvalue weighted by Crippen LogP contribution is -2.48. The number of nitrogens with two attached hydrogens (primary N) is 1. The van der Waals surface area contributed by atoms with Gasteiger partial charge < -0.3 is 79.8 Å². The SMILES string of the molecule is C#CCC(=O)N1CCC[C@@H](Nc2c(-c3ncn[nH]3)cnc3[nH]ccc23)C1.C#CCC(=O)N1C[C@@H](C)C[C@@H](Nc2c(-c3ncco3)cnc3[nH]ccc23)C1.C#CCC(=O)N1C[C@H](C)C[C@H](Nc2c(-c3ncco3)cnc3[nH]ccc23)C1.CCC(=O)N1CCC[C@@H](Nc2c(-c3nc(C(N)=O)co3)cnc3[nH]ccc23)C1. The number of aromatic nitrogens is 14. The van der Waals surface area contributed by atoms with Gasteiger partial charge in [0.1, 0.15) is 47.7 Å². The maximum atomic E-state index is 12.3. The van der Waals surface area contributed by atoms with Crippen LogP contribution in [0.1, 0.15) is 95.5 Å². The molecule has 0 unspecified atom stereocenters. The number of piperidine rings is 4. The Hall–Kier alpha value is -13.2. The molecule has 11 N–H and O–H groups in total. The number of anilines is 4. The van der Waals surface area contributed by atoms with Crippen LogP contribution >= 0.6 is 0 Å². The van der Waals surface area contributed by atoms with Crippen LogP contribution in [0.3, 0.4) is 0 Å². The van der Waals surface area contributed by atoms with Gasteiger partial charge in [0.05, 0.1) is 76.7 Å². The van der Waals surface area contributed by atoms with Crippen molar-refractivity contribution in [2.45, 2.75) is 109 Å². The molecule has 12 aromatic heterocycles. The summed E-state index contributed by atoms with van der Waals surface area (Å²) in [6.07, 6.45) is 45.9. The summed E-state index contributed by atoms with van der Waals surface area (Å²) >= 11 is 0. The molecule has 108 heavy (non-hydrogen) atoms. The van der Waals surface area contributed by atoms with Crippen molar-refractivity contribution in [1.29, 1.82) is 0 Å². The van der Waals surface area contributed by atoms with E-state index in [-0.39, 0.29) is 78.6 Å². The van der Waals surface area contributed by atoms with E-state index in [2.05, 4.69) is 123 Å². The average molecular weight is 1460 g/mol. The summed E-state index contributed by atoms with van der Waals surface area (Å²) in [6.45, 7) is 11.7. The fraction of sp³-hybridized carbons (Fsp3) is 0.351. The second kappa shape index (κ2) is 33.7. The number of terminal acetylenes is 3. The molecule has 0 aliphatic carbocycles. The van der Waals surface area contributed by atoms with Crippen molar-refractivity contribution in [2.75, 3.05) is 73.6 Å². The fourth-order valence-electron chi connectivity index (χ4n) is 14.5. The average Bonchev–Trinajstić information content (AvgIpc) is 1.53. The lowest BCUT2D eigenvalue weighted by molar-refractivity contribution is -0.132. The van der Waals surface area contributed by atoms with E-state index in [1.165, 1.54) is 12.6 Å². The number of primary amides is 1. The lowest BCUT2D eigenvalue weighted by Gasteiger charge is -2.37. The van der Waals surface area contributed by atoms with Crippen LogP contribution in [0.15, 0.2) is 125 Å². The van der Waals surface area contributed by atoms with Gasteiger partial charge in [0.2, 0.25) is 41.3 Å². The molecule has 16 heterocycles. The predicted octanol–water partition coefficient (Wildman–Crippen LogP) is 9.68. The third kappa shape index (κ3) is 16.8. The molecule has 31 nitrogen and oxygen atoms in total. The number of H-pyrrole nitrogens is 5. The number of oxazole rings is 3. The van der Waals surface area contributed by atoms with Gasteiger partial charge in [-0.15, -0.1) is 19.3 Å². The fourth-order valence-corrected chi connectivity index (χ4v) is 14.5. The van der Waals surface area contributed by atoms with Crippen LogP contribution in [0.25, 0.3) is 89.9 Å². The first kappa shape index (κ1) is 73.1. The number of hydrogen-bond acceptors (Lipinski definition) is 21. The molecule has 0 aromatic carbocycles. The van der Waals surface area contributed by atoms with E-state index in [4.69, 9.17) is 38.3 Å². The van der Waals surface area contributed by atoms with Crippen LogP contribution in [-0.2, 0) is 19.2 Å². The number of hydrogen-bond donors (Lipinski definition) is 10. The third-order valence-corrected chi connectivity index (χ3v) is 19.4. The number of carbonyl (C=O) groups is 5. The van der Waals surface area contributed by atoms with Gasteiger partial charge in [0, 0.05) is 154 Å². The molecule has 31 heteroatoms. The zero-order valence-electron chi connectivity index (χ0n) is 60.0. The maximum Gasteiger partial charge on any atom is 0.270 e. The van der Waals surface area contributed by atoms with E-state index in [1.807, 2.05) is 75.6 Å². The number of carbonyl (C=O) groups excluding carboxylic acids is 5. The molecule has 0 spiro atoms. The Morgan fingerprint density at radius 2 is 0.907 bits per heavy atom. The highest BCUT2D eigenvalue weighted by Crippen LogP contribution is 2.39. The topological polar surface area (TPSA) is 407 Å². The molecule has 0 bridgehead atoms. The minimum atomic E-state index is -0.652. The number of fused-ring (bicyclic) bond motifs is 4. The van der Waals surface area contributed by atoms with Gasteiger partial charge in [-0.3, -0.25) is 29.1 Å². The summed E-state index contributed by atoms with van der Waals surface area (Å²) < 4.78 is 16.5. The highest BCUT2D eigenvalue weighted by atomic mass is 16.3. The Kier molecular flexibility index (Phi) is 22.8. The molecule has 4 aliphatic rings. The van der Waals surface area contributed by atoms with Crippen LogP contribution in [-0.4, -0.2) is 196 Å². The van der Waals surface area contributed by atoms with Crippen LogP contribution < -0.4 is 27.0 Å². The molecular formula is C77H83N23O8. The first-order chi connectivity index (χ1) is 52.6. The smallest absolute Gasteiger partial charge is 0.270 e. The van der Waals surface area contributed by atoms with Crippen molar-refractivity contribution in [2.24, 2.45) is 17.6 Å². The molecule has 5 amide bonds. The van der Waals surface area contributed by atoms with E-state index >= 15 is 0 Å². The van der Waals surface area contributed by atoms with Gasteiger partial charge in [0.15, 0.2) is 11.5 Å². The molecule has 4 aliphatic heterocycles. The number of nitrogens with zero attached hydrogens (tertiary/aromatic N) is 13. The van der Waals surface area contributed by atoms with Crippen LogP contribution in [0.2, 0.25) is 0 Å². The van der Waals surface area contributed by atoms with E-state index in [9.17, 15) is 24.0 Å². The number of amides is 5. The number of likely N-dealkylation sites (tertiary alicyclic amines) is 4. The summed E-state index contributed by atoms with van der Waals surface area (Å²) in [4.78, 5) is 115. The molecule has 4 fully saturated rings. The second-order valence-electron chi connectivity index (χ2n) is 27.2. The quantitative estimate of drug-likeness (QED) is 0.0379. The third-order valence-electron chi connectivity index (χ3n) is 19.4. The Morgan fingerprint density at radius 3 is 1.30 bits per heavy atom. The number of nitrogens with one attached hydrogen (secondary N) is 9. The monoisotopic (exact) mass is 1460 g/mol. The number of aromatic amines is 5. The molecule has 554 valence electrons. The Bertz CT molecular complexity index is 5080. The Balaban J connectivity index is 0.000000127. The summed E-state index contributed by atoms with van der Waals surface area (Å²) in [5.41, 5.74) is 15.1. The van der Waals surface area contributed by atoms with Crippen LogP contribution in [0, 0.1) is 48.9 Å². The van der Waals surface area contributed by atoms with Crippen molar-refractivity contribution in [3.63, 3.8) is 0 Å². The van der Waals surface area contributed by atoms with Crippen LogP contribution in [0.4, 0.5) is 22.7 Å². The summed E-state index contributed by atoms with van der Waals surface area (Å²) in [7, 11) is 0. The maximum absolute atomic E-state index is 12.3. The highest BCUT2D eigenvalue weighted by Gasteiger charge is 2.33. The minimum Gasteiger partial charge on any atom is -0.444 e. The summed E-state index contributed by atoms with van der Waals surface area (Å²) in [6, 6.07) is 8.28. The van der Waals surface area contributed by atoms with Gasteiger partial charge in [-0.05, 0) is 74.6 Å². The van der Waals surface area contributed by atoms with Crippen molar-refractivity contribution in [3.8, 4) is 82.8 Å². The molecule has 16 rings (SSSR count). The minimum absolute atomic E-state index is 0.00490. The molecular weight excluding hydrogens is 1370 g/mol. The largest absolute Gasteiger partial charge is 0.444 e. The first-order valence-corrected chi connectivity index (χ1v) is 35.9. The predicted molar refractivity (Wildman–Crippen MR) is 407 cm³/mol. The van der Waals surface area contributed by atoms with Crippen molar-refractivity contribution in [1.82, 2.24) is 89.6 Å².